The Morgan fingerprint density at radius 3 is 2.58 bits per heavy atom. The van der Waals surface area contributed by atoms with E-state index in [1.165, 1.54) is 16.9 Å². The first-order chi connectivity index (χ1) is 24.4. The molecule has 1 N–H and O–H groups in total. The molecule has 8 nitrogen and oxygen atoms in total. The summed E-state index contributed by atoms with van der Waals surface area (Å²) in [6, 6.07) is 26.2. The highest BCUT2D eigenvalue weighted by Gasteiger charge is 2.26. The van der Waals surface area contributed by atoms with Gasteiger partial charge >= 0.3 is 0 Å². The Labute approximate surface area is 299 Å². The third-order valence-electron chi connectivity index (χ3n) is 9.27. The Hall–Kier alpha value is -4.28. The Morgan fingerprint density at radius 1 is 1.06 bits per heavy atom. The maximum absolute atomic E-state index is 13.7. The highest BCUT2D eigenvalue weighted by atomic mass is 32.1. The number of anilines is 2. The number of benzene rings is 3. The van der Waals surface area contributed by atoms with Crippen LogP contribution < -0.4 is 15.0 Å². The largest absolute Gasteiger partial charge is 0.465 e. The number of nitrogens with zero attached hydrogens (tertiary/aromatic N) is 2. The number of carbonyl (C=O) groups excluding carboxylic acids is 2. The van der Waals surface area contributed by atoms with Gasteiger partial charge in [0.15, 0.2) is 6.29 Å². The van der Waals surface area contributed by atoms with E-state index < -0.39 is 0 Å². The molecule has 50 heavy (non-hydrogen) atoms. The zero-order valence-electron chi connectivity index (χ0n) is 29.2. The number of fused-ring (bicyclic) bond motifs is 1. The van der Waals surface area contributed by atoms with Gasteiger partial charge in [0, 0.05) is 37.0 Å². The van der Waals surface area contributed by atoms with E-state index in [-0.39, 0.29) is 18.1 Å². The van der Waals surface area contributed by atoms with E-state index in [2.05, 4.69) is 42.4 Å². The molecule has 2 amide bonds. The van der Waals surface area contributed by atoms with Gasteiger partial charge in [-0.3, -0.25) is 14.5 Å². The minimum absolute atomic E-state index is 0.0684. The van der Waals surface area contributed by atoms with Crippen LogP contribution in [0.5, 0.6) is 5.75 Å². The van der Waals surface area contributed by atoms with Gasteiger partial charge in [-0.25, -0.2) is 0 Å². The molecule has 0 spiro atoms. The van der Waals surface area contributed by atoms with Crippen LogP contribution in [0.1, 0.15) is 66.8 Å². The molecule has 3 heterocycles. The second-order valence-corrected chi connectivity index (χ2v) is 13.9. The van der Waals surface area contributed by atoms with E-state index in [1.807, 2.05) is 79.0 Å². The molecule has 262 valence electrons. The molecule has 3 aromatic carbocycles. The molecule has 1 aromatic heterocycles. The summed E-state index contributed by atoms with van der Waals surface area (Å²) in [5.41, 5.74) is 6.12. The van der Waals surface area contributed by atoms with Gasteiger partial charge < -0.3 is 24.4 Å². The fourth-order valence-electron chi connectivity index (χ4n) is 6.37. The molecule has 2 aliphatic heterocycles. The molecule has 1 fully saturated rings. The van der Waals surface area contributed by atoms with Crippen molar-refractivity contribution in [3.63, 3.8) is 0 Å². The zero-order chi connectivity index (χ0) is 34.9. The first kappa shape index (κ1) is 35.5. The number of rotatable bonds is 13. The molecule has 0 aliphatic carbocycles. The minimum Gasteiger partial charge on any atom is -0.465 e. The third-order valence-corrected chi connectivity index (χ3v) is 10.1. The highest BCUT2D eigenvalue weighted by Crippen LogP contribution is 2.34. The van der Waals surface area contributed by atoms with Gasteiger partial charge in [-0.1, -0.05) is 49.7 Å². The van der Waals surface area contributed by atoms with Crippen molar-refractivity contribution in [3.8, 4) is 16.9 Å². The molecule has 2 unspecified atom stereocenters. The summed E-state index contributed by atoms with van der Waals surface area (Å²) in [6.07, 6.45) is 6.34. The molecule has 9 heteroatoms. The second kappa shape index (κ2) is 17.1. The first-order valence-electron chi connectivity index (χ1n) is 17.6. The minimum atomic E-state index is -0.331. The molecule has 6 rings (SSSR count). The van der Waals surface area contributed by atoms with E-state index in [9.17, 15) is 9.59 Å². The molecule has 4 aromatic rings. The molecule has 0 saturated carbocycles. The van der Waals surface area contributed by atoms with Crippen molar-refractivity contribution in [3.05, 3.63) is 106 Å². The van der Waals surface area contributed by atoms with Crippen molar-refractivity contribution in [2.45, 2.75) is 64.8 Å². The van der Waals surface area contributed by atoms with Gasteiger partial charge in [-0.15, -0.1) is 11.3 Å². The molecule has 0 bridgehead atoms. The Bertz CT molecular complexity index is 1750. The highest BCUT2D eigenvalue weighted by molar-refractivity contribution is 7.12. The van der Waals surface area contributed by atoms with E-state index in [0.717, 1.165) is 79.3 Å². The number of thiophene rings is 1. The lowest BCUT2D eigenvalue weighted by Gasteiger charge is -2.31. The van der Waals surface area contributed by atoms with Crippen LogP contribution >= 0.6 is 11.3 Å². The van der Waals surface area contributed by atoms with Crippen LogP contribution in [-0.2, 0) is 20.8 Å². The number of carbonyl (C=O) groups is 2. The fourth-order valence-corrected chi connectivity index (χ4v) is 7.04. The van der Waals surface area contributed by atoms with Crippen LogP contribution in [0.15, 0.2) is 89.8 Å². The molecule has 2 aliphatic rings. The summed E-state index contributed by atoms with van der Waals surface area (Å²) in [5.74, 6) is 0.493. The Kier molecular flexibility index (Phi) is 12.1. The topological polar surface area (TPSA) is 80.3 Å². The van der Waals surface area contributed by atoms with Gasteiger partial charge in [0.25, 0.3) is 11.8 Å². The standard InChI is InChI=1S/C41H47N3O5S/c1-4-5-23-48-29(2)49-37-17-12-31(13-18-37)32-14-19-38-34(25-32)26-33(20-21-44(38)41(46)39-9-7-24-50-39)40(45)42-35-15-10-30(11-16-35)27-43(3)36-8-6-22-47-28-36/h7,9-19,24-26,29,36H,4-6,8,20-23,27-28H2,1-3H3,(H,42,45). The van der Waals surface area contributed by atoms with Crippen molar-refractivity contribution in [1.29, 1.82) is 0 Å². The maximum atomic E-state index is 13.7. The van der Waals surface area contributed by atoms with Gasteiger partial charge in [0.05, 0.1) is 23.8 Å². The zero-order valence-corrected chi connectivity index (χ0v) is 30.0. The molecular weight excluding hydrogens is 647 g/mol. The van der Waals surface area contributed by atoms with Crippen LogP contribution in [0, 0.1) is 0 Å². The first-order valence-corrected chi connectivity index (χ1v) is 18.5. The summed E-state index contributed by atoms with van der Waals surface area (Å²) < 4.78 is 17.3. The van der Waals surface area contributed by atoms with Crippen molar-refractivity contribution in [2.75, 3.05) is 43.6 Å². The van der Waals surface area contributed by atoms with E-state index >= 15 is 0 Å². The molecule has 2 atom stereocenters. The molecular formula is C41H47N3O5S. The SMILES string of the molecule is CCCCOC(C)Oc1ccc(-c2ccc3c(c2)C=C(C(=O)Nc2ccc(CN(C)C4CCCOC4)cc2)CCN3C(=O)c2cccs2)cc1. The van der Waals surface area contributed by atoms with Gasteiger partial charge in [-0.05, 0) is 116 Å². The van der Waals surface area contributed by atoms with Crippen LogP contribution in [0.25, 0.3) is 17.2 Å². The number of unbranched alkanes of at least 4 members (excludes halogenated alkanes) is 1. The van der Waals surface area contributed by atoms with E-state index in [4.69, 9.17) is 14.2 Å². The fraction of sp³-hybridized carbons (Fsp3) is 0.366. The second-order valence-electron chi connectivity index (χ2n) is 13.0. The number of hydrogen-bond acceptors (Lipinski definition) is 7. The van der Waals surface area contributed by atoms with Crippen molar-refractivity contribution < 1.29 is 23.8 Å². The summed E-state index contributed by atoms with van der Waals surface area (Å²) >= 11 is 1.42. The van der Waals surface area contributed by atoms with Gasteiger partial charge in [0.1, 0.15) is 5.75 Å². The number of likely N-dealkylation sites (N-methyl/N-ethyl adjacent to an activating group) is 1. The quantitative estimate of drug-likeness (QED) is 0.112. The lowest BCUT2D eigenvalue weighted by atomic mass is 10.00. The maximum Gasteiger partial charge on any atom is 0.268 e. The average Bonchev–Trinajstić information content (AvgIpc) is 3.61. The van der Waals surface area contributed by atoms with Crippen LogP contribution in [-0.4, -0.2) is 62.5 Å². The van der Waals surface area contributed by atoms with Crippen LogP contribution in [0.3, 0.4) is 0 Å². The summed E-state index contributed by atoms with van der Waals surface area (Å²) in [6.45, 7) is 7.55. The summed E-state index contributed by atoms with van der Waals surface area (Å²) in [5, 5.41) is 5.01. The number of hydrogen-bond donors (Lipinski definition) is 1. The lowest BCUT2D eigenvalue weighted by molar-refractivity contribution is -0.112. The van der Waals surface area contributed by atoms with Crippen molar-refractivity contribution in [2.24, 2.45) is 0 Å². The van der Waals surface area contributed by atoms with Gasteiger partial charge in [-0.2, -0.15) is 0 Å². The summed E-state index contributed by atoms with van der Waals surface area (Å²) in [4.78, 5) is 32.2. The molecule has 1 saturated heterocycles. The monoisotopic (exact) mass is 693 g/mol. The predicted molar refractivity (Wildman–Crippen MR) is 202 cm³/mol. The van der Waals surface area contributed by atoms with E-state index in [0.29, 0.717) is 36.1 Å². The van der Waals surface area contributed by atoms with Crippen molar-refractivity contribution >= 4 is 40.6 Å². The lowest BCUT2D eigenvalue weighted by Crippen LogP contribution is -2.37. The molecule has 0 radical (unpaired) electrons. The summed E-state index contributed by atoms with van der Waals surface area (Å²) in [7, 11) is 2.14. The van der Waals surface area contributed by atoms with Crippen LogP contribution in [0.2, 0.25) is 0 Å². The normalized spacial score (nSPS) is 16.7. The number of amides is 2. The predicted octanol–water partition coefficient (Wildman–Crippen LogP) is 8.64. The number of nitrogens with one attached hydrogen (secondary N) is 1. The van der Waals surface area contributed by atoms with Gasteiger partial charge in [0.2, 0.25) is 0 Å². The van der Waals surface area contributed by atoms with Crippen molar-refractivity contribution in [1.82, 2.24) is 4.90 Å². The van der Waals surface area contributed by atoms with E-state index in [1.54, 1.807) is 4.90 Å². The number of ether oxygens (including phenoxy) is 3. The third kappa shape index (κ3) is 9.08. The average molecular weight is 694 g/mol. The Balaban J connectivity index is 1.19. The smallest absolute Gasteiger partial charge is 0.268 e. The Morgan fingerprint density at radius 2 is 1.86 bits per heavy atom. The van der Waals surface area contributed by atoms with Crippen LogP contribution in [0.4, 0.5) is 11.4 Å².